The molecule has 2 aliphatic rings. The number of carbonyl (C=O) groups excluding carboxylic acids is 2. The van der Waals surface area contributed by atoms with E-state index in [4.69, 9.17) is 11.6 Å². The minimum atomic E-state index is -0.469. The summed E-state index contributed by atoms with van der Waals surface area (Å²) < 4.78 is 0. The molecular weight excluding hydrogens is 304 g/mol. The van der Waals surface area contributed by atoms with E-state index in [1.54, 1.807) is 6.07 Å². The lowest BCUT2D eigenvalue weighted by Crippen LogP contribution is -2.50. The summed E-state index contributed by atoms with van der Waals surface area (Å²) in [5.41, 5.74) is 0.445. The number of amides is 2. The maximum Gasteiger partial charge on any atom is 0.252 e. The summed E-state index contributed by atoms with van der Waals surface area (Å²) in [5, 5.41) is 5.82. The second-order valence-corrected chi connectivity index (χ2v) is 6.08. The fourth-order valence-electron chi connectivity index (χ4n) is 2.87. The van der Waals surface area contributed by atoms with Gasteiger partial charge in [-0.1, -0.05) is 11.6 Å². The van der Waals surface area contributed by atoms with Crippen molar-refractivity contribution in [1.82, 2.24) is 15.6 Å². The summed E-state index contributed by atoms with van der Waals surface area (Å²) in [6.07, 6.45) is 3.78. The Hall–Kier alpha value is -1.82. The van der Waals surface area contributed by atoms with Gasteiger partial charge in [0, 0.05) is 25.2 Å². The number of carbonyl (C=O) groups is 2. The zero-order valence-corrected chi connectivity index (χ0v) is 13.0. The van der Waals surface area contributed by atoms with Crippen molar-refractivity contribution in [1.29, 1.82) is 0 Å². The van der Waals surface area contributed by atoms with Crippen molar-refractivity contribution < 1.29 is 9.59 Å². The molecule has 0 radical (unpaired) electrons. The number of rotatable bonds is 3. The van der Waals surface area contributed by atoms with Crippen LogP contribution in [0.4, 0.5) is 5.82 Å². The highest BCUT2D eigenvalue weighted by molar-refractivity contribution is 6.30. The minimum Gasteiger partial charge on any atom is -0.357 e. The second kappa shape index (κ2) is 6.52. The SMILES string of the molecule is O=C(N[C@@H]1CCCNC1=O)c1cc(Cl)nc(N2CCCC2)c1. The van der Waals surface area contributed by atoms with Crippen molar-refractivity contribution >= 4 is 29.2 Å². The average Bonchev–Trinajstić information content (AvgIpc) is 3.03. The Labute approximate surface area is 134 Å². The topological polar surface area (TPSA) is 74.3 Å². The van der Waals surface area contributed by atoms with E-state index in [1.807, 2.05) is 0 Å². The first-order chi connectivity index (χ1) is 10.6. The van der Waals surface area contributed by atoms with Crippen LogP contribution in [0.2, 0.25) is 5.15 Å². The predicted octanol–water partition coefficient (Wildman–Crippen LogP) is 1.34. The fraction of sp³-hybridized carbons (Fsp3) is 0.533. The lowest BCUT2D eigenvalue weighted by molar-refractivity contribution is -0.124. The summed E-state index contributed by atoms with van der Waals surface area (Å²) in [7, 11) is 0. The Bertz CT molecular complexity index is 587. The number of pyridine rings is 1. The highest BCUT2D eigenvalue weighted by atomic mass is 35.5. The first kappa shape index (κ1) is 15.1. The van der Waals surface area contributed by atoms with Crippen molar-refractivity contribution in [2.45, 2.75) is 31.7 Å². The van der Waals surface area contributed by atoms with Crippen molar-refractivity contribution in [2.75, 3.05) is 24.5 Å². The molecule has 1 aromatic heterocycles. The Kier molecular flexibility index (Phi) is 4.47. The Morgan fingerprint density at radius 2 is 2.09 bits per heavy atom. The van der Waals surface area contributed by atoms with Crippen molar-refractivity contribution in [3.8, 4) is 0 Å². The maximum atomic E-state index is 12.4. The molecule has 1 aromatic rings. The van der Waals surface area contributed by atoms with Crippen LogP contribution in [0.1, 0.15) is 36.0 Å². The maximum absolute atomic E-state index is 12.4. The minimum absolute atomic E-state index is 0.125. The molecule has 0 unspecified atom stereocenters. The molecule has 0 aliphatic carbocycles. The molecule has 2 aliphatic heterocycles. The predicted molar refractivity (Wildman–Crippen MR) is 84.2 cm³/mol. The van der Waals surface area contributed by atoms with Crippen molar-refractivity contribution in [2.24, 2.45) is 0 Å². The molecule has 22 heavy (non-hydrogen) atoms. The van der Waals surface area contributed by atoms with Crippen LogP contribution in [0.25, 0.3) is 0 Å². The monoisotopic (exact) mass is 322 g/mol. The van der Waals surface area contributed by atoms with Gasteiger partial charge in [-0.05, 0) is 37.8 Å². The van der Waals surface area contributed by atoms with E-state index >= 15 is 0 Å². The van der Waals surface area contributed by atoms with E-state index in [2.05, 4.69) is 20.5 Å². The molecular formula is C15H19ClN4O2. The van der Waals surface area contributed by atoms with Gasteiger partial charge in [0.25, 0.3) is 5.91 Å². The van der Waals surface area contributed by atoms with Gasteiger partial charge in [-0.15, -0.1) is 0 Å². The number of anilines is 1. The van der Waals surface area contributed by atoms with Crippen LogP contribution < -0.4 is 15.5 Å². The van der Waals surface area contributed by atoms with Gasteiger partial charge >= 0.3 is 0 Å². The molecule has 118 valence electrons. The number of hydrogen-bond donors (Lipinski definition) is 2. The molecule has 0 saturated carbocycles. The summed E-state index contributed by atoms with van der Waals surface area (Å²) in [6, 6.07) is 2.81. The van der Waals surface area contributed by atoms with Crippen LogP contribution in [0.5, 0.6) is 0 Å². The molecule has 2 N–H and O–H groups in total. The number of nitrogens with one attached hydrogen (secondary N) is 2. The molecule has 3 rings (SSSR count). The van der Waals surface area contributed by atoms with Gasteiger partial charge in [0.1, 0.15) is 17.0 Å². The molecule has 7 heteroatoms. The number of halogens is 1. The molecule has 0 spiro atoms. The fourth-order valence-corrected chi connectivity index (χ4v) is 3.08. The second-order valence-electron chi connectivity index (χ2n) is 5.69. The van der Waals surface area contributed by atoms with E-state index in [-0.39, 0.29) is 11.8 Å². The highest BCUT2D eigenvalue weighted by Gasteiger charge is 2.25. The third-order valence-corrected chi connectivity index (χ3v) is 4.26. The Morgan fingerprint density at radius 1 is 1.32 bits per heavy atom. The molecule has 0 aromatic carbocycles. The highest BCUT2D eigenvalue weighted by Crippen LogP contribution is 2.22. The number of aromatic nitrogens is 1. The van der Waals surface area contributed by atoms with Crippen LogP contribution in [-0.2, 0) is 4.79 Å². The standard InChI is InChI=1S/C15H19ClN4O2/c16-12-8-10(9-13(19-12)20-6-1-2-7-20)14(21)18-11-4-3-5-17-15(11)22/h8-9,11H,1-7H2,(H,17,22)(H,18,21)/t11-/m1/s1. The molecule has 3 heterocycles. The lowest BCUT2D eigenvalue weighted by atomic mass is 10.1. The van der Waals surface area contributed by atoms with Crippen molar-refractivity contribution in [3.63, 3.8) is 0 Å². The first-order valence-corrected chi connectivity index (χ1v) is 8.02. The Balaban J connectivity index is 1.75. The van der Waals surface area contributed by atoms with Gasteiger partial charge in [-0.25, -0.2) is 4.98 Å². The normalized spacial score (nSPS) is 21.6. The van der Waals surface area contributed by atoms with Crippen LogP contribution >= 0.6 is 11.6 Å². The van der Waals surface area contributed by atoms with E-state index in [9.17, 15) is 9.59 Å². The van der Waals surface area contributed by atoms with E-state index in [0.717, 1.165) is 38.2 Å². The molecule has 6 nitrogen and oxygen atoms in total. The average molecular weight is 323 g/mol. The van der Waals surface area contributed by atoms with Gasteiger partial charge in [0.2, 0.25) is 5.91 Å². The molecule has 2 amide bonds. The third-order valence-electron chi connectivity index (χ3n) is 4.06. The van der Waals surface area contributed by atoms with Crippen molar-refractivity contribution in [3.05, 3.63) is 22.8 Å². The van der Waals surface area contributed by atoms with E-state index in [1.165, 1.54) is 6.07 Å². The first-order valence-electron chi connectivity index (χ1n) is 7.64. The zero-order chi connectivity index (χ0) is 15.5. The smallest absolute Gasteiger partial charge is 0.252 e. The van der Waals surface area contributed by atoms with Gasteiger partial charge in [0.05, 0.1) is 0 Å². The molecule has 2 saturated heterocycles. The Morgan fingerprint density at radius 3 is 2.82 bits per heavy atom. The van der Waals surface area contributed by atoms with Crippen LogP contribution in [-0.4, -0.2) is 42.5 Å². The van der Waals surface area contributed by atoms with E-state index in [0.29, 0.717) is 23.7 Å². The largest absolute Gasteiger partial charge is 0.357 e. The van der Waals surface area contributed by atoms with Gasteiger partial charge in [0.15, 0.2) is 0 Å². The number of piperidine rings is 1. The third kappa shape index (κ3) is 3.32. The molecule has 2 fully saturated rings. The number of hydrogen-bond acceptors (Lipinski definition) is 4. The summed E-state index contributed by atoms with van der Waals surface area (Å²) in [4.78, 5) is 30.5. The zero-order valence-electron chi connectivity index (χ0n) is 12.3. The molecule has 1 atom stereocenters. The van der Waals surface area contributed by atoms with E-state index < -0.39 is 6.04 Å². The number of nitrogens with zero attached hydrogens (tertiary/aromatic N) is 2. The van der Waals surface area contributed by atoms with Crippen LogP contribution in [0.3, 0.4) is 0 Å². The van der Waals surface area contributed by atoms with Crippen LogP contribution in [0.15, 0.2) is 12.1 Å². The molecule has 0 bridgehead atoms. The van der Waals surface area contributed by atoms with Gasteiger partial charge in [-0.3, -0.25) is 9.59 Å². The van der Waals surface area contributed by atoms with Gasteiger partial charge < -0.3 is 15.5 Å². The van der Waals surface area contributed by atoms with Gasteiger partial charge in [-0.2, -0.15) is 0 Å². The summed E-state index contributed by atoms with van der Waals surface area (Å²) >= 11 is 6.05. The summed E-state index contributed by atoms with van der Waals surface area (Å²) in [5.74, 6) is 0.314. The van der Waals surface area contributed by atoms with Crippen LogP contribution in [0, 0.1) is 0 Å². The quantitative estimate of drug-likeness (QED) is 0.824. The summed E-state index contributed by atoms with van der Waals surface area (Å²) in [6.45, 7) is 2.53. The lowest BCUT2D eigenvalue weighted by Gasteiger charge is -2.23.